The van der Waals surface area contributed by atoms with Gasteiger partial charge < -0.3 is 0 Å². The summed E-state index contributed by atoms with van der Waals surface area (Å²) in [6.45, 7) is 18.2. The fourth-order valence-corrected chi connectivity index (χ4v) is 16.4. The topological polar surface area (TPSA) is 9.23 Å². The molecule has 1 nitrogen and oxygen atoms in total. The van der Waals surface area contributed by atoms with Gasteiger partial charge in [0.1, 0.15) is 0 Å². The minimum atomic E-state index is -2.00. The molecule has 0 spiro atoms. The van der Waals surface area contributed by atoms with Crippen LogP contribution in [0.3, 0.4) is 0 Å². The summed E-state index contributed by atoms with van der Waals surface area (Å²) in [6.07, 6.45) is 8.95. The molecule has 3 heteroatoms. The molecule has 0 saturated heterocycles. The van der Waals surface area contributed by atoms with Crippen LogP contribution in [0.2, 0.25) is 0 Å². The van der Waals surface area contributed by atoms with Gasteiger partial charge in [0, 0.05) is 0 Å². The van der Waals surface area contributed by atoms with Crippen molar-refractivity contribution >= 4 is 47.7 Å². The van der Waals surface area contributed by atoms with Crippen LogP contribution in [-0.2, 0) is 55.1 Å². The van der Waals surface area contributed by atoms with Crippen molar-refractivity contribution in [3.8, 4) is 0 Å². The van der Waals surface area contributed by atoms with E-state index in [1.165, 1.54) is 22.3 Å². The summed E-state index contributed by atoms with van der Waals surface area (Å²) < 4.78 is 12.7. The van der Waals surface area contributed by atoms with Crippen molar-refractivity contribution in [1.29, 1.82) is 0 Å². The van der Waals surface area contributed by atoms with E-state index >= 15 is 0 Å². The van der Waals surface area contributed by atoms with Crippen molar-refractivity contribution in [3.05, 3.63) is 117 Å². The van der Waals surface area contributed by atoms with E-state index in [1.54, 1.807) is 39.8 Å². The summed E-state index contributed by atoms with van der Waals surface area (Å²) in [5.41, 5.74) is 12.2. The van der Waals surface area contributed by atoms with E-state index in [1.807, 2.05) is 7.11 Å². The molecule has 233 valence electrons. The first-order valence-electron chi connectivity index (χ1n) is 17.1. The second-order valence-corrected chi connectivity index (χ2v) is 18.2. The standard InChI is InChI=1S/C21H29GeO.C20H26Ge/c1-6-16-12-10-13-17(7-2)20(16)22(23-5)21-18(8-3)14-11-15-19(21)9-4;1-5-15-11-9-12-16(6-2)19(15)21-20-17(7-3)13-10-14-18(20)8-4/h10-15H,6-9H2,1-5H3;9-14H,5-8H2,1-4H3. The van der Waals surface area contributed by atoms with Crippen LogP contribution in [0.5, 0.6) is 0 Å². The van der Waals surface area contributed by atoms with Gasteiger partial charge >= 0.3 is 283 Å². The minimum absolute atomic E-state index is 0.245. The van der Waals surface area contributed by atoms with Gasteiger partial charge in [-0.25, -0.2) is 0 Å². The molecule has 0 bridgehead atoms. The SMILES string of the molecule is CCc1cccc(CC)[c]1[Ge]([O]C)[c]1c(CC)cccc1CC.CCc1cccc(CC)[c]1[Ge][c]1c(CC)cccc1CC. The summed E-state index contributed by atoms with van der Waals surface area (Å²) in [7, 11) is 1.92. The third-order valence-corrected chi connectivity index (χ3v) is 18.1. The van der Waals surface area contributed by atoms with Gasteiger partial charge in [0.25, 0.3) is 0 Å². The zero-order valence-corrected chi connectivity index (χ0v) is 33.2. The zero-order chi connectivity index (χ0) is 32.1. The Labute approximate surface area is 281 Å². The van der Waals surface area contributed by atoms with E-state index in [-0.39, 0.29) is 15.4 Å². The molecule has 0 atom stereocenters. The van der Waals surface area contributed by atoms with Gasteiger partial charge in [-0.3, -0.25) is 0 Å². The first-order valence-corrected chi connectivity index (χ1v) is 22.1. The number of rotatable bonds is 13. The average Bonchev–Trinajstić information content (AvgIpc) is 3.08. The third-order valence-electron chi connectivity index (χ3n) is 8.90. The Kier molecular flexibility index (Phi) is 15.5. The Hall–Kier alpha value is -2.07. The van der Waals surface area contributed by atoms with E-state index in [4.69, 9.17) is 3.76 Å². The van der Waals surface area contributed by atoms with Crippen LogP contribution in [0.1, 0.15) is 99.9 Å². The molecule has 3 radical (unpaired) electrons. The molecule has 4 aromatic rings. The summed E-state index contributed by atoms with van der Waals surface area (Å²) in [4.78, 5) is 0. The number of hydrogen-bond acceptors (Lipinski definition) is 1. The molecule has 0 aliphatic rings. The fourth-order valence-electron chi connectivity index (χ4n) is 6.33. The summed E-state index contributed by atoms with van der Waals surface area (Å²) in [5.74, 6) is 0. The summed E-state index contributed by atoms with van der Waals surface area (Å²) >= 11 is -2.24. The first kappa shape index (κ1) is 36.4. The zero-order valence-electron chi connectivity index (χ0n) is 29.0. The second kappa shape index (κ2) is 18.8. The average molecular weight is 709 g/mol. The van der Waals surface area contributed by atoms with Crippen LogP contribution in [0.15, 0.2) is 72.8 Å². The molecule has 44 heavy (non-hydrogen) atoms. The Bertz CT molecular complexity index is 1270. The van der Waals surface area contributed by atoms with E-state index < -0.39 is 14.7 Å². The Morgan fingerprint density at radius 1 is 0.409 bits per heavy atom. The molecule has 0 heterocycles. The molecule has 0 fully saturated rings. The predicted molar refractivity (Wildman–Crippen MR) is 198 cm³/mol. The van der Waals surface area contributed by atoms with Crippen molar-refractivity contribution in [2.24, 2.45) is 0 Å². The van der Waals surface area contributed by atoms with Gasteiger partial charge in [0.15, 0.2) is 0 Å². The molecular weight excluding hydrogens is 654 g/mol. The van der Waals surface area contributed by atoms with Gasteiger partial charge in [-0.1, -0.05) is 0 Å². The van der Waals surface area contributed by atoms with Gasteiger partial charge in [-0.15, -0.1) is 0 Å². The second-order valence-electron chi connectivity index (χ2n) is 11.3. The molecule has 0 aliphatic heterocycles. The monoisotopic (exact) mass is 711 g/mol. The Morgan fingerprint density at radius 2 is 0.636 bits per heavy atom. The van der Waals surface area contributed by atoms with Crippen LogP contribution in [0.4, 0.5) is 0 Å². The third kappa shape index (κ3) is 8.59. The Balaban J connectivity index is 0.000000241. The number of hydrogen-bond donors (Lipinski definition) is 0. The van der Waals surface area contributed by atoms with Gasteiger partial charge in [0.05, 0.1) is 0 Å². The van der Waals surface area contributed by atoms with Crippen molar-refractivity contribution in [3.63, 3.8) is 0 Å². The molecule has 0 N–H and O–H groups in total. The molecule has 0 saturated carbocycles. The van der Waals surface area contributed by atoms with Crippen LogP contribution in [0, 0.1) is 0 Å². The molecule has 4 aromatic carbocycles. The van der Waals surface area contributed by atoms with Gasteiger partial charge in [-0.05, 0) is 0 Å². The van der Waals surface area contributed by atoms with E-state index in [0.717, 1.165) is 51.4 Å². The van der Waals surface area contributed by atoms with E-state index in [9.17, 15) is 0 Å². The van der Waals surface area contributed by atoms with Crippen LogP contribution in [0.25, 0.3) is 0 Å². The maximum atomic E-state index is 6.26. The van der Waals surface area contributed by atoms with E-state index in [2.05, 4.69) is 128 Å². The fraction of sp³-hybridized carbons (Fsp3) is 0.415. The number of aryl methyl sites for hydroxylation is 8. The first-order chi connectivity index (χ1) is 21.5. The van der Waals surface area contributed by atoms with Gasteiger partial charge in [0.2, 0.25) is 0 Å². The van der Waals surface area contributed by atoms with Crippen molar-refractivity contribution in [2.45, 2.75) is 107 Å². The molecule has 4 rings (SSSR count). The quantitative estimate of drug-likeness (QED) is 0.133. The van der Waals surface area contributed by atoms with Gasteiger partial charge in [-0.2, -0.15) is 0 Å². The molecule has 0 aromatic heterocycles. The normalized spacial score (nSPS) is 11.0. The van der Waals surface area contributed by atoms with Crippen molar-refractivity contribution in [1.82, 2.24) is 0 Å². The Morgan fingerprint density at radius 3 is 0.841 bits per heavy atom. The van der Waals surface area contributed by atoms with E-state index in [0.29, 0.717) is 0 Å². The van der Waals surface area contributed by atoms with Crippen LogP contribution in [-0.4, -0.2) is 37.2 Å². The van der Waals surface area contributed by atoms with Crippen molar-refractivity contribution in [2.75, 3.05) is 7.11 Å². The summed E-state index contributed by atoms with van der Waals surface area (Å²) in [5, 5.41) is 0. The summed E-state index contributed by atoms with van der Waals surface area (Å²) in [6, 6.07) is 27.4. The molecule has 0 unspecified atom stereocenters. The van der Waals surface area contributed by atoms with Crippen molar-refractivity contribution < 1.29 is 3.76 Å². The molecular formula is C41H55Ge2O. The molecule has 0 aliphatic carbocycles. The predicted octanol–water partition coefficient (Wildman–Crippen LogP) is 7.28. The molecule has 0 amide bonds. The van der Waals surface area contributed by atoms with Crippen LogP contribution < -0.4 is 17.6 Å². The van der Waals surface area contributed by atoms with Crippen LogP contribution >= 0.6 is 0 Å². The maximum absolute atomic E-state index is 6.26. The number of benzene rings is 4.